The summed E-state index contributed by atoms with van der Waals surface area (Å²) in [6, 6.07) is -2.41. The highest BCUT2D eigenvalue weighted by molar-refractivity contribution is 5.84. The molecule has 24 heavy (non-hydrogen) atoms. The SMILES string of the molecule is CC1(C)COC(C(CCC(C2=NC(C)(C)CO2)[N+](=O)[O-])[N+](=O)[O-])=N1. The maximum Gasteiger partial charge on any atom is 0.287 e. The molecule has 0 saturated carbocycles. The molecule has 0 radical (unpaired) electrons. The number of rotatable bonds is 7. The molecule has 0 aromatic heterocycles. The summed E-state index contributed by atoms with van der Waals surface area (Å²) in [6.07, 6.45) is -0.146. The Hall–Kier alpha value is -2.26. The highest BCUT2D eigenvalue weighted by Crippen LogP contribution is 2.24. The fraction of sp³-hybridized carbons (Fsp3) is 0.857. The van der Waals surface area contributed by atoms with E-state index in [1.54, 1.807) is 27.7 Å². The van der Waals surface area contributed by atoms with E-state index in [-0.39, 0.29) is 37.9 Å². The molecule has 0 N–H and O–H groups in total. The highest BCUT2D eigenvalue weighted by Gasteiger charge is 2.42. The van der Waals surface area contributed by atoms with Gasteiger partial charge in [-0.25, -0.2) is 9.98 Å². The van der Waals surface area contributed by atoms with Crippen LogP contribution in [-0.2, 0) is 9.47 Å². The zero-order chi connectivity index (χ0) is 18.1. The minimum absolute atomic E-state index is 0.0294. The van der Waals surface area contributed by atoms with Crippen molar-refractivity contribution in [3.05, 3.63) is 20.2 Å². The molecule has 10 nitrogen and oxygen atoms in total. The van der Waals surface area contributed by atoms with E-state index in [0.717, 1.165) is 0 Å². The average molecular weight is 342 g/mol. The van der Waals surface area contributed by atoms with Gasteiger partial charge >= 0.3 is 0 Å². The molecule has 2 atom stereocenters. The van der Waals surface area contributed by atoms with Gasteiger partial charge in [-0.15, -0.1) is 0 Å². The Morgan fingerprint density at radius 1 is 0.917 bits per heavy atom. The number of nitro groups is 2. The first-order valence-corrected chi connectivity index (χ1v) is 7.73. The van der Waals surface area contributed by atoms with Crippen LogP contribution in [0.1, 0.15) is 40.5 Å². The average Bonchev–Trinajstić information content (AvgIpc) is 2.96. The van der Waals surface area contributed by atoms with E-state index in [4.69, 9.17) is 9.47 Å². The third kappa shape index (κ3) is 4.18. The lowest BCUT2D eigenvalue weighted by atomic mass is 10.1. The van der Waals surface area contributed by atoms with Crippen molar-refractivity contribution in [1.82, 2.24) is 0 Å². The molecular formula is C14H22N4O6. The van der Waals surface area contributed by atoms with Crippen LogP contribution in [0.2, 0.25) is 0 Å². The normalized spacial score (nSPS) is 23.5. The van der Waals surface area contributed by atoms with Crippen molar-refractivity contribution < 1.29 is 19.3 Å². The van der Waals surface area contributed by atoms with Gasteiger partial charge in [0.25, 0.3) is 23.9 Å². The van der Waals surface area contributed by atoms with Crippen LogP contribution in [0, 0.1) is 20.2 Å². The highest BCUT2D eigenvalue weighted by atomic mass is 16.6. The van der Waals surface area contributed by atoms with Crippen molar-refractivity contribution in [2.24, 2.45) is 9.98 Å². The molecule has 0 spiro atoms. The summed E-state index contributed by atoms with van der Waals surface area (Å²) >= 11 is 0. The van der Waals surface area contributed by atoms with Crippen LogP contribution in [-0.4, -0.2) is 58.0 Å². The number of aliphatic imine (C=N–C) groups is 2. The molecule has 0 aliphatic carbocycles. The molecular weight excluding hydrogens is 320 g/mol. The molecule has 0 fully saturated rings. The first-order chi connectivity index (χ1) is 11.0. The van der Waals surface area contributed by atoms with Gasteiger partial charge in [-0.05, 0) is 27.7 Å². The van der Waals surface area contributed by atoms with Gasteiger partial charge in [-0.2, -0.15) is 0 Å². The second-order valence-electron chi connectivity index (χ2n) is 7.28. The smallest absolute Gasteiger partial charge is 0.287 e. The Morgan fingerprint density at radius 2 is 1.25 bits per heavy atom. The summed E-state index contributed by atoms with van der Waals surface area (Å²) in [5.74, 6) is 0.0587. The van der Waals surface area contributed by atoms with E-state index in [0.29, 0.717) is 0 Å². The van der Waals surface area contributed by atoms with Gasteiger partial charge in [0.1, 0.15) is 13.2 Å². The van der Waals surface area contributed by atoms with Crippen LogP contribution in [0.5, 0.6) is 0 Å². The lowest BCUT2D eigenvalue weighted by Gasteiger charge is -2.12. The molecule has 2 heterocycles. The van der Waals surface area contributed by atoms with Crippen LogP contribution in [0.4, 0.5) is 0 Å². The molecule has 2 unspecified atom stereocenters. The Bertz CT molecular complexity index is 546. The van der Waals surface area contributed by atoms with Crippen molar-refractivity contribution in [2.75, 3.05) is 13.2 Å². The lowest BCUT2D eigenvalue weighted by Crippen LogP contribution is -2.35. The van der Waals surface area contributed by atoms with Gasteiger partial charge in [-0.1, -0.05) is 0 Å². The third-order valence-corrected chi connectivity index (χ3v) is 3.76. The van der Waals surface area contributed by atoms with Crippen molar-refractivity contribution in [2.45, 2.75) is 63.7 Å². The third-order valence-electron chi connectivity index (χ3n) is 3.76. The summed E-state index contributed by atoms with van der Waals surface area (Å²) in [5, 5.41) is 22.6. The molecule has 0 aromatic carbocycles. The Kier molecular flexibility index (Phi) is 4.77. The van der Waals surface area contributed by atoms with Crippen molar-refractivity contribution in [3.8, 4) is 0 Å². The number of hydrogen-bond donors (Lipinski definition) is 0. The number of nitrogens with zero attached hydrogens (tertiary/aromatic N) is 4. The summed E-state index contributed by atoms with van der Waals surface area (Å²) < 4.78 is 10.6. The fourth-order valence-electron chi connectivity index (χ4n) is 2.52. The van der Waals surface area contributed by atoms with E-state index < -0.39 is 33.0 Å². The van der Waals surface area contributed by atoms with Crippen molar-refractivity contribution >= 4 is 11.8 Å². The number of ether oxygens (including phenoxy) is 2. The lowest BCUT2D eigenvalue weighted by molar-refractivity contribution is -0.519. The summed E-state index contributed by atoms with van der Waals surface area (Å²) in [5.41, 5.74) is -1.04. The quantitative estimate of drug-likeness (QED) is 0.509. The van der Waals surface area contributed by atoms with E-state index in [1.807, 2.05) is 0 Å². The van der Waals surface area contributed by atoms with E-state index in [9.17, 15) is 20.2 Å². The minimum atomic E-state index is -1.20. The summed E-state index contributed by atoms with van der Waals surface area (Å²) in [6.45, 7) is 7.74. The van der Waals surface area contributed by atoms with Crippen LogP contribution in [0.25, 0.3) is 0 Å². The van der Waals surface area contributed by atoms with Gasteiger partial charge in [0.2, 0.25) is 0 Å². The van der Waals surface area contributed by atoms with Gasteiger partial charge < -0.3 is 9.47 Å². The summed E-state index contributed by atoms with van der Waals surface area (Å²) in [7, 11) is 0. The molecule has 0 saturated heterocycles. The molecule has 0 bridgehead atoms. The zero-order valence-electron chi connectivity index (χ0n) is 14.2. The van der Waals surface area contributed by atoms with Crippen LogP contribution < -0.4 is 0 Å². The molecule has 2 rings (SSSR count). The topological polar surface area (TPSA) is 129 Å². The van der Waals surface area contributed by atoms with Gasteiger partial charge in [0.15, 0.2) is 0 Å². The molecule has 2 aliphatic heterocycles. The van der Waals surface area contributed by atoms with E-state index >= 15 is 0 Å². The second-order valence-corrected chi connectivity index (χ2v) is 7.28. The maximum atomic E-state index is 11.3. The van der Waals surface area contributed by atoms with Crippen LogP contribution in [0.3, 0.4) is 0 Å². The zero-order valence-corrected chi connectivity index (χ0v) is 14.2. The maximum absolute atomic E-state index is 11.3. The first-order valence-electron chi connectivity index (χ1n) is 7.73. The van der Waals surface area contributed by atoms with Gasteiger partial charge in [0.05, 0.1) is 11.1 Å². The monoisotopic (exact) mass is 342 g/mol. The predicted octanol–water partition coefficient (Wildman–Crippen LogP) is 1.47. The molecule has 0 amide bonds. The van der Waals surface area contributed by atoms with E-state index in [1.165, 1.54) is 0 Å². The fourth-order valence-corrected chi connectivity index (χ4v) is 2.52. The Morgan fingerprint density at radius 3 is 1.46 bits per heavy atom. The molecule has 0 aromatic rings. The van der Waals surface area contributed by atoms with Crippen LogP contribution >= 0.6 is 0 Å². The molecule has 2 aliphatic rings. The van der Waals surface area contributed by atoms with Crippen molar-refractivity contribution in [3.63, 3.8) is 0 Å². The van der Waals surface area contributed by atoms with Crippen molar-refractivity contribution in [1.29, 1.82) is 0 Å². The first kappa shape index (κ1) is 18.1. The Balaban J connectivity index is 2.10. The molecule has 134 valence electrons. The van der Waals surface area contributed by atoms with E-state index in [2.05, 4.69) is 9.98 Å². The predicted molar refractivity (Wildman–Crippen MR) is 85.7 cm³/mol. The Labute approximate surface area is 139 Å². The summed E-state index contributed by atoms with van der Waals surface area (Å²) in [4.78, 5) is 30.0. The molecule has 10 heteroatoms. The largest absolute Gasteiger partial charge is 0.473 e. The van der Waals surface area contributed by atoms with Gasteiger partial charge in [0, 0.05) is 22.7 Å². The second kappa shape index (κ2) is 6.33. The van der Waals surface area contributed by atoms with Crippen LogP contribution in [0.15, 0.2) is 9.98 Å². The minimum Gasteiger partial charge on any atom is -0.473 e. The van der Waals surface area contributed by atoms with Gasteiger partial charge in [-0.3, -0.25) is 20.2 Å². The standard InChI is InChI=1S/C14H22N4O6/c1-13(2)7-23-11(15-13)9(17(19)20)5-6-10(18(21)22)12-16-14(3,4)8-24-12/h9-10H,5-8H2,1-4H3. The number of hydrogen-bond acceptors (Lipinski definition) is 8.